The predicted octanol–water partition coefficient (Wildman–Crippen LogP) is 3.79. The van der Waals surface area contributed by atoms with Crippen LogP contribution in [0.3, 0.4) is 0 Å². The van der Waals surface area contributed by atoms with Crippen molar-refractivity contribution in [3.05, 3.63) is 41.0 Å². The van der Waals surface area contributed by atoms with Gasteiger partial charge in [0.05, 0.1) is 17.5 Å². The molecule has 0 spiro atoms. The molecule has 4 N–H and O–H groups in total. The number of aromatic nitrogens is 2. The van der Waals surface area contributed by atoms with Crippen LogP contribution in [0.1, 0.15) is 42.5 Å². The Balaban J connectivity index is 0.00000196. The molecule has 0 aliphatic heterocycles. The van der Waals surface area contributed by atoms with Crippen molar-refractivity contribution >= 4 is 29.9 Å². The van der Waals surface area contributed by atoms with Crippen molar-refractivity contribution in [3.8, 4) is 11.3 Å². The van der Waals surface area contributed by atoms with Crippen molar-refractivity contribution in [2.24, 2.45) is 17.6 Å². The zero-order valence-electron chi connectivity index (χ0n) is 14.5. The lowest BCUT2D eigenvalue weighted by Gasteiger charge is -2.45. The van der Waals surface area contributed by atoms with Crippen LogP contribution in [0.5, 0.6) is 0 Å². The number of fused-ring (bicyclic) bond motifs is 2. The number of nitrogens with one attached hydrogen (secondary N) is 2. The van der Waals surface area contributed by atoms with Gasteiger partial charge in [0.15, 0.2) is 0 Å². The summed E-state index contributed by atoms with van der Waals surface area (Å²) in [6.45, 7) is 0. The summed E-state index contributed by atoms with van der Waals surface area (Å²) in [6, 6.07) is 7.96. The molecule has 0 radical (unpaired) electrons. The lowest BCUT2D eigenvalue weighted by molar-refractivity contribution is 0.0756. The van der Waals surface area contributed by atoms with Gasteiger partial charge in [-0.2, -0.15) is 5.10 Å². The lowest BCUT2D eigenvalue weighted by atomic mass is 9.67. The third kappa shape index (κ3) is 3.61. The largest absolute Gasteiger partial charge is 0.349 e. The topological polar surface area (TPSA) is 83.8 Å². The molecule has 140 valence electrons. The number of hydrogen-bond donors (Lipinski definition) is 3. The Labute approximate surface area is 164 Å². The van der Waals surface area contributed by atoms with E-state index < -0.39 is 0 Å². The van der Waals surface area contributed by atoms with Gasteiger partial charge in [0.1, 0.15) is 0 Å². The fourth-order valence-corrected chi connectivity index (χ4v) is 4.81. The smallest absolute Gasteiger partial charge is 0.255 e. The first-order valence-electron chi connectivity index (χ1n) is 8.98. The number of nitrogens with zero attached hydrogens (tertiary/aromatic N) is 1. The summed E-state index contributed by atoms with van der Waals surface area (Å²) in [5, 5.41) is 10.9. The fraction of sp³-hybridized carbons (Fsp3) is 0.474. The van der Waals surface area contributed by atoms with Crippen LogP contribution in [0.4, 0.5) is 0 Å². The van der Waals surface area contributed by atoms with Crippen molar-refractivity contribution in [2.45, 2.75) is 44.2 Å². The van der Waals surface area contributed by atoms with Crippen LogP contribution in [0.25, 0.3) is 11.3 Å². The average molecular weight is 395 g/mol. The first-order chi connectivity index (χ1) is 12.1. The summed E-state index contributed by atoms with van der Waals surface area (Å²) >= 11 is 6.28. The van der Waals surface area contributed by atoms with E-state index in [-0.39, 0.29) is 30.4 Å². The van der Waals surface area contributed by atoms with Crippen LogP contribution in [-0.2, 0) is 0 Å². The summed E-state index contributed by atoms with van der Waals surface area (Å²) in [5.41, 5.74) is 8.19. The van der Waals surface area contributed by atoms with E-state index in [4.69, 9.17) is 17.3 Å². The van der Waals surface area contributed by atoms with Crippen molar-refractivity contribution in [3.63, 3.8) is 0 Å². The van der Waals surface area contributed by atoms with Gasteiger partial charge in [-0.05, 0) is 43.6 Å². The van der Waals surface area contributed by atoms with Gasteiger partial charge < -0.3 is 11.1 Å². The van der Waals surface area contributed by atoms with Gasteiger partial charge >= 0.3 is 0 Å². The second-order valence-electron chi connectivity index (χ2n) is 7.32. The van der Waals surface area contributed by atoms with Gasteiger partial charge in [-0.15, -0.1) is 12.4 Å². The molecule has 2 aliphatic rings. The molecule has 1 amide bonds. The summed E-state index contributed by atoms with van der Waals surface area (Å²) in [5.74, 6) is 0.894. The fourth-order valence-electron chi connectivity index (χ4n) is 4.58. The van der Waals surface area contributed by atoms with Gasteiger partial charge in [0.25, 0.3) is 5.91 Å². The molecule has 2 bridgehead atoms. The van der Waals surface area contributed by atoms with Gasteiger partial charge in [0, 0.05) is 22.7 Å². The van der Waals surface area contributed by atoms with E-state index in [1.807, 2.05) is 24.3 Å². The standard InChI is InChI=1S/C19H23ClN4O.ClH/c20-16-7-2-1-6-14(16)18-15(10-22-24-18)19(25)23-17-11-4-3-5-12(17)9-13(21)8-11;/h1-2,6-7,10-13,17H,3-5,8-9,21H2,(H,22,24)(H,23,25);1H. The van der Waals surface area contributed by atoms with Crippen molar-refractivity contribution in [1.29, 1.82) is 0 Å². The maximum Gasteiger partial charge on any atom is 0.255 e. The molecule has 1 heterocycles. The highest BCUT2D eigenvalue weighted by molar-refractivity contribution is 6.33. The van der Waals surface area contributed by atoms with E-state index >= 15 is 0 Å². The Bertz CT molecular complexity index is 764. The van der Waals surface area contributed by atoms with Gasteiger partial charge in [-0.3, -0.25) is 9.89 Å². The highest BCUT2D eigenvalue weighted by Gasteiger charge is 2.40. The number of carbonyl (C=O) groups excluding carboxylic acids is 1. The summed E-state index contributed by atoms with van der Waals surface area (Å²) in [7, 11) is 0. The van der Waals surface area contributed by atoms with Gasteiger partial charge in [-0.25, -0.2) is 0 Å². The monoisotopic (exact) mass is 394 g/mol. The van der Waals surface area contributed by atoms with Crippen LogP contribution in [0.2, 0.25) is 5.02 Å². The minimum absolute atomic E-state index is 0. The van der Waals surface area contributed by atoms with Gasteiger partial charge in [0.2, 0.25) is 0 Å². The minimum atomic E-state index is -0.0824. The number of H-pyrrole nitrogens is 1. The number of carbonyl (C=O) groups is 1. The third-order valence-corrected chi connectivity index (χ3v) is 6.03. The first kappa shape index (κ1) is 19.2. The zero-order chi connectivity index (χ0) is 17.4. The molecule has 2 aromatic rings. The Morgan fingerprint density at radius 2 is 1.92 bits per heavy atom. The number of rotatable bonds is 3. The molecule has 1 aromatic heterocycles. The number of aromatic amines is 1. The van der Waals surface area contributed by atoms with E-state index in [1.54, 1.807) is 6.20 Å². The highest BCUT2D eigenvalue weighted by atomic mass is 35.5. The van der Waals surface area contributed by atoms with Crippen molar-refractivity contribution < 1.29 is 4.79 Å². The summed E-state index contributed by atoms with van der Waals surface area (Å²) in [6.07, 6.45) is 7.13. The zero-order valence-corrected chi connectivity index (χ0v) is 16.0. The second-order valence-corrected chi connectivity index (χ2v) is 7.73. The predicted molar refractivity (Wildman–Crippen MR) is 106 cm³/mol. The Hall–Kier alpha value is -1.56. The molecule has 2 aliphatic carbocycles. The molecule has 2 saturated carbocycles. The number of amides is 1. The van der Waals surface area contributed by atoms with Crippen LogP contribution >= 0.6 is 24.0 Å². The quantitative estimate of drug-likeness (QED) is 0.740. The Morgan fingerprint density at radius 1 is 1.23 bits per heavy atom. The molecular formula is C19H24Cl2N4O. The van der Waals surface area contributed by atoms with Crippen molar-refractivity contribution in [2.75, 3.05) is 0 Å². The number of hydrogen-bond acceptors (Lipinski definition) is 3. The van der Waals surface area contributed by atoms with Crippen LogP contribution in [-0.4, -0.2) is 28.2 Å². The molecule has 7 heteroatoms. The Kier molecular flexibility index (Phi) is 5.90. The Morgan fingerprint density at radius 3 is 2.62 bits per heavy atom. The molecule has 2 atom stereocenters. The number of benzene rings is 1. The highest BCUT2D eigenvalue weighted by Crippen LogP contribution is 2.40. The molecule has 4 rings (SSSR count). The first-order valence-corrected chi connectivity index (χ1v) is 9.36. The molecule has 2 fully saturated rings. The summed E-state index contributed by atoms with van der Waals surface area (Å²) in [4.78, 5) is 12.9. The van der Waals surface area contributed by atoms with E-state index in [0.29, 0.717) is 28.1 Å². The van der Waals surface area contributed by atoms with Crippen LogP contribution in [0, 0.1) is 11.8 Å². The molecule has 5 nitrogen and oxygen atoms in total. The SMILES string of the molecule is Cl.NC1CC2CCCC(C1)C2NC(=O)c1cn[nH]c1-c1ccccc1Cl. The van der Waals surface area contributed by atoms with Crippen molar-refractivity contribution in [1.82, 2.24) is 15.5 Å². The second kappa shape index (κ2) is 7.99. The molecule has 1 aromatic carbocycles. The normalized spacial score (nSPS) is 27.5. The number of halogens is 2. The van der Waals surface area contributed by atoms with Crippen LogP contribution < -0.4 is 11.1 Å². The van der Waals surface area contributed by atoms with Gasteiger partial charge in [-0.1, -0.05) is 36.2 Å². The number of nitrogens with two attached hydrogens (primary N) is 1. The summed E-state index contributed by atoms with van der Waals surface area (Å²) < 4.78 is 0. The minimum Gasteiger partial charge on any atom is -0.349 e. The maximum atomic E-state index is 12.9. The van der Waals surface area contributed by atoms with E-state index in [1.165, 1.54) is 6.42 Å². The average Bonchev–Trinajstić information content (AvgIpc) is 3.05. The van der Waals surface area contributed by atoms with E-state index in [0.717, 1.165) is 31.2 Å². The molecule has 2 unspecified atom stereocenters. The lowest BCUT2D eigenvalue weighted by Crippen LogP contribution is -2.53. The molecule has 0 saturated heterocycles. The van der Waals surface area contributed by atoms with E-state index in [9.17, 15) is 4.79 Å². The van der Waals surface area contributed by atoms with E-state index in [2.05, 4.69) is 15.5 Å². The molecule has 26 heavy (non-hydrogen) atoms. The maximum absolute atomic E-state index is 12.9. The van der Waals surface area contributed by atoms with Crippen LogP contribution in [0.15, 0.2) is 30.5 Å². The third-order valence-electron chi connectivity index (χ3n) is 5.70. The molecular weight excluding hydrogens is 371 g/mol.